The minimum Gasteiger partial charge on any atom is -0.467 e. The molecule has 1 N–H and O–H groups in total. The third-order valence-electron chi connectivity index (χ3n) is 4.48. The van der Waals surface area contributed by atoms with E-state index in [9.17, 15) is 4.79 Å². The van der Waals surface area contributed by atoms with Gasteiger partial charge in [0.2, 0.25) is 5.91 Å². The maximum absolute atomic E-state index is 12.2. The molecule has 4 rings (SSSR count). The summed E-state index contributed by atoms with van der Waals surface area (Å²) < 4.78 is 7.29. The Bertz CT molecular complexity index is 1070. The highest BCUT2D eigenvalue weighted by atomic mass is 32.2. The van der Waals surface area contributed by atoms with Gasteiger partial charge in [-0.3, -0.25) is 9.78 Å². The molecule has 4 aromatic rings. The number of amides is 1. The van der Waals surface area contributed by atoms with Crippen LogP contribution in [0.1, 0.15) is 11.3 Å². The molecule has 0 radical (unpaired) electrons. The highest BCUT2D eigenvalue weighted by Gasteiger charge is 2.16. The molecular formula is C22H21N5O2S. The van der Waals surface area contributed by atoms with Gasteiger partial charge < -0.3 is 14.3 Å². The molecule has 3 aromatic heterocycles. The molecule has 0 aliphatic carbocycles. The van der Waals surface area contributed by atoms with E-state index in [0.717, 1.165) is 23.6 Å². The van der Waals surface area contributed by atoms with Gasteiger partial charge in [-0.1, -0.05) is 42.1 Å². The molecule has 0 bridgehead atoms. The summed E-state index contributed by atoms with van der Waals surface area (Å²) in [5.74, 6) is 1.63. The van der Waals surface area contributed by atoms with Crippen molar-refractivity contribution in [3.05, 3.63) is 84.6 Å². The zero-order chi connectivity index (χ0) is 20.6. The maximum Gasteiger partial charge on any atom is 0.230 e. The molecule has 1 aromatic carbocycles. The summed E-state index contributed by atoms with van der Waals surface area (Å²) in [6, 6.07) is 17.7. The number of hydrogen-bond acceptors (Lipinski definition) is 6. The number of carbonyl (C=O) groups is 1. The summed E-state index contributed by atoms with van der Waals surface area (Å²) in [7, 11) is 0. The van der Waals surface area contributed by atoms with Crippen molar-refractivity contribution in [2.75, 3.05) is 5.75 Å². The Balaban J connectivity index is 1.46. The van der Waals surface area contributed by atoms with Crippen LogP contribution in [0, 0.1) is 0 Å². The van der Waals surface area contributed by atoms with Crippen molar-refractivity contribution in [1.29, 1.82) is 0 Å². The van der Waals surface area contributed by atoms with E-state index in [-0.39, 0.29) is 11.7 Å². The fourth-order valence-electron chi connectivity index (χ4n) is 2.97. The summed E-state index contributed by atoms with van der Waals surface area (Å²) in [4.78, 5) is 16.4. The summed E-state index contributed by atoms with van der Waals surface area (Å²) in [6.07, 6.45) is 5.93. The van der Waals surface area contributed by atoms with Crippen LogP contribution in [0.5, 0.6) is 0 Å². The third kappa shape index (κ3) is 5.15. The Hall–Kier alpha value is -3.39. The largest absolute Gasteiger partial charge is 0.467 e. The smallest absolute Gasteiger partial charge is 0.230 e. The van der Waals surface area contributed by atoms with Crippen molar-refractivity contribution in [3.8, 4) is 11.4 Å². The SMILES string of the molecule is O=C(CSc1nnc(-c2cccnc2)n1CCc1ccccc1)NCc1ccco1. The monoisotopic (exact) mass is 419 g/mol. The first-order valence-electron chi connectivity index (χ1n) is 9.59. The second-order valence-electron chi connectivity index (χ2n) is 6.58. The minimum absolute atomic E-state index is 0.0862. The van der Waals surface area contributed by atoms with Crippen LogP contribution in [-0.4, -0.2) is 31.4 Å². The van der Waals surface area contributed by atoms with Crippen LogP contribution in [0.25, 0.3) is 11.4 Å². The normalized spacial score (nSPS) is 10.8. The van der Waals surface area contributed by atoms with Crippen molar-refractivity contribution in [2.24, 2.45) is 0 Å². The molecule has 0 saturated carbocycles. The third-order valence-corrected chi connectivity index (χ3v) is 5.44. The summed E-state index contributed by atoms with van der Waals surface area (Å²) >= 11 is 1.37. The van der Waals surface area contributed by atoms with Gasteiger partial charge in [-0.15, -0.1) is 10.2 Å². The first-order chi connectivity index (χ1) is 14.8. The molecule has 0 unspecified atom stereocenters. The van der Waals surface area contributed by atoms with E-state index in [2.05, 4.69) is 37.2 Å². The molecule has 0 saturated heterocycles. The van der Waals surface area contributed by atoms with Crippen LogP contribution in [0.15, 0.2) is 82.8 Å². The van der Waals surface area contributed by atoms with E-state index in [1.807, 2.05) is 36.4 Å². The number of hydrogen-bond donors (Lipinski definition) is 1. The Morgan fingerprint density at radius 1 is 1.07 bits per heavy atom. The second kappa shape index (κ2) is 9.89. The lowest BCUT2D eigenvalue weighted by Crippen LogP contribution is -2.24. The van der Waals surface area contributed by atoms with E-state index >= 15 is 0 Å². The average molecular weight is 420 g/mol. The van der Waals surface area contributed by atoms with Crippen molar-refractivity contribution in [1.82, 2.24) is 25.1 Å². The van der Waals surface area contributed by atoms with Crippen molar-refractivity contribution in [3.63, 3.8) is 0 Å². The molecule has 0 spiro atoms. The van der Waals surface area contributed by atoms with Gasteiger partial charge >= 0.3 is 0 Å². The number of pyridine rings is 1. The predicted molar refractivity (Wildman–Crippen MR) is 115 cm³/mol. The van der Waals surface area contributed by atoms with Gasteiger partial charge in [-0.05, 0) is 36.2 Å². The first-order valence-corrected chi connectivity index (χ1v) is 10.6. The highest BCUT2D eigenvalue weighted by Crippen LogP contribution is 2.24. The Labute approximate surface area is 178 Å². The fourth-order valence-corrected chi connectivity index (χ4v) is 3.77. The van der Waals surface area contributed by atoms with Gasteiger partial charge in [-0.25, -0.2) is 0 Å². The predicted octanol–water partition coefficient (Wildman–Crippen LogP) is 3.58. The van der Waals surface area contributed by atoms with Gasteiger partial charge in [0, 0.05) is 24.5 Å². The molecule has 0 atom stereocenters. The highest BCUT2D eigenvalue weighted by molar-refractivity contribution is 7.99. The number of rotatable bonds is 9. The number of furan rings is 1. The minimum atomic E-state index is -0.0862. The maximum atomic E-state index is 12.2. The van der Waals surface area contributed by atoms with E-state index in [4.69, 9.17) is 4.42 Å². The number of nitrogens with zero attached hydrogens (tertiary/aromatic N) is 4. The van der Waals surface area contributed by atoms with Gasteiger partial charge in [0.1, 0.15) is 5.76 Å². The van der Waals surface area contributed by atoms with Crippen molar-refractivity contribution >= 4 is 17.7 Å². The molecule has 0 aliphatic heterocycles. The number of thioether (sulfide) groups is 1. The summed E-state index contributed by atoms with van der Waals surface area (Å²) in [5.41, 5.74) is 2.13. The standard InChI is InChI=1S/C22H21N5O2S/c28-20(24-15-19-9-5-13-29-19)16-30-22-26-25-21(18-8-4-11-23-14-18)27(22)12-10-17-6-2-1-3-7-17/h1-9,11,13-14H,10,12,15-16H2,(H,24,28). The second-order valence-corrected chi connectivity index (χ2v) is 7.52. The molecule has 7 nitrogen and oxygen atoms in total. The van der Waals surface area contributed by atoms with Crippen molar-refractivity contribution in [2.45, 2.75) is 24.7 Å². The molecule has 8 heteroatoms. The molecule has 3 heterocycles. The molecule has 1 amide bonds. The van der Waals surface area contributed by atoms with Crippen LogP contribution in [-0.2, 0) is 24.3 Å². The van der Waals surface area contributed by atoms with Gasteiger partial charge in [0.05, 0.1) is 18.6 Å². The lowest BCUT2D eigenvalue weighted by atomic mass is 10.1. The van der Waals surface area contributed by atoms with Crippen LogP contribution in [0.3, 0.4) is 0 Å². The van der Waals surface area contributed by atoms with E-state index in [1.54, 1.807) is 24.7 Å². The number of benzene rings is 1. The van der Waals surface area contributed by atoms with Crippen LogP contribution >= 0.6 is 11.8 Å². The van der Waals surface area contributed by atoms with Gasteiger partial charge in [0.15, 0.2) is 11.0 Å². The van der Waals surface area contributed by atoms with Gasteiger partial charge in [-0.2, -0.15) is 0 Å². The first kappa shape index (κ1) is 19.9. The number of nitrogens with one attached hydrogen (secondary N) is 1. The van der Waals surface area contributed by atoms with Crippen LogP contribution in [0.2, 0.25) is 0 Å². The number of aryl methyl sites for hydroxylation is 1. The van der Waals surface area contributed by atoms with Crippen molar-refractivity contribution < 1.29 is 9.21 Å². The molecule has 152 valence electrons. The molecule has 0 fully saturated rings. The van der Waals surface area contributed by atoms with Crippen LogP contribution < -0.4 is 5.32 Å². The lowest BCUT2D eigenvalue weighted by molar-refractivity contribution is -0.118. The quantitative estimate of drug-likeness (QED) is 0.417. The Kier molecular flexibility index (Phi) is 6.56. The molecular weight excluding hydrogens is 398 g/mol. The number of carbonyl (C=O) groups excluding carboxylic acids is 1. The topological polar surface area (TPSA) is 85.8 Å². The summed E-state index contributed by atoms with van der Waals surface area (Å²) in [6.45, 7) is 1.08. The van der Waals surface area contributed by atoms with Crippen LogP contribution in [0.4, 0.5) is 0 Å². The lowest BCUT2D eigenvalue weighted by Gasteiger charge is -2.10. The Morgan fingerprint density at radius 3 is 2.73 bits per heavy atom. The zero-order valence-electron chi connectivity index (χ0n) is 16.3. The Morgan fingerprint density at radius 2 is 1.97 bits per heavy atom. The molecule has 0 aliphatic rings. The van der Waals surface area contributed by atoms with E-state index < -0.39 is 0 Å². The fraction of sp³-hybridized carbons (Fsp3) is 0.182. The summed E-state index contributed by atoms with van der Waals surface area (Å²) in [5, 5.41) is 12.3. The van der Waals surface area contributed by atoms with E-state index in [0.29, 0.717) is 18.2 Å². The molecule has 30 heavy (non-hydrogen) atoms. The average Bonchev–Trinajstić information content (AvgIpc) is 3.46. The van der Waals surface area contributed by atoms with Gasteiger partial charge in [0.25, 0.3) is 0 Å². The van der Waals surface area contributed by atoms with E-state index in [1.165, 1.54) is 17.3 Å². The zero-order valence-corrected chi connectivity index (χ0v) is 17.1. The number of aromatic nitrogens is 4.